The molecule has 0 atom stereocenters. The second kappa shape index (κ2) is 3.41. The van der Waals surface area contributed by atoms with Crippen molar-refractivity contribution in [1.82, 2.24) is 0 Å². The van der Waals surface area contributed by atoms with E-state index in [0.717, 1.165) is 5.17 Å². The topological polar surface area (TPSA) is 38.5 Å². The zero-order valence-electron chi connectivity index (χ0n) is 5.20. The molecule has 1 aromatic rings. The molecule has 0 fully saturated rings. The summed E-state index contributed by atoms with van der Waals surface area (Å²) in [6.07, 6.45) is 0. The fraction of sp³-hybridized carbons (Fsp3) is 0. The van der Waals surface area contributed by atoms with Crippen LogP contribution in [-0.2, 0) is 4.39 Å². The van der Waals surface area contributed by atoms with Gasteiger partial charge in [0.15, 0.2) is 0 Å². The molecule has 0 saturated heterocycles. The summed E-state index contributed by atoms with van der Waals surface area (Å²) in [4.78, 5) is 0. The number of hydrazine groups is 1. The van der Waals surface area contributed by atoms with E-state index in [-0.39, 0.29) is 0 Å². The summed E-state index contributed by atoms with van der Waals surface area (Å²) in [7, 11) is 0. The van der Waals surface area contributed by atoms with Gasteiger partial charge in [0.05, 0.1) is 17.6 Å². The molecule has 2 N–H and O–H groups in total. The van der Waals surface area contributed by atoms with Crippen LogP contribution in [0.25, 0.3) is 0 Å². The first kappa shape index (κ1) is 7.34. The smallest absolute Gasteiger partial charge is 0.0931 e. The number of halogens is 1. The first-order chi connectivity index (χ1) is 4.84. The molecular weight excluding hydrogens is 152 g/mol. The lowest BCUT2D eigenvalue weighted by Crippen LogP contribution is -2.26. The van der Waals surface area contributed by atoms with Crippen LogP contribution >= 0.6 is 11.9 Å². The molecule has 0 aliphatic rings. The van der Waals surface area contributed by atoms with Gasteiger partial charge < -0.3 is 0 Å². The molecule has 0 aliphatic heterocycles. The highest BCUT2D eigenvalue weighted by Crippen LogP contribution is 2.09. The molecule has 0 radical (unpaired) electrons. The largest absolute Gasteiger partial charge is 0.221 e. The van der Waals surface area contributed by atoms with Crippen LogP contribution in [0.2, 0.25) is 0 Å². The minimum atomic E-state index is 0.706. The first-order valence-corrected chi connectivity index (χ1v) is 3.04. The third kappa shape index (κ3) is 1.60. The lowest BCUT2D eigenvalue weighted by atomic mass is 10.3. The van der Waals surface area contributed by atoms with Gasteiger partial charge in [0, 0.05) is 0 Å². The molecule has 1 aromatic carbocycles. The molecule has 54 valence electrons. The molecule has 0 bridgehead atoms. The number of nitrogens with two attached hydrogens (primary N) is 1. The van der Waals surface area contributed by atoms with E-state index in [9.17, 15) is 0 Å². The Morgan fingerprint density at radius 3 is 2.40 bits per heavy atom. The van der Waals surface area contributed by atoms with Crippen molar-refractivity contribution in [2.45, 2.75) is 0 Å². The Balaban J connectivity index is 2.75. The minimum Gasteiger partial charge on any atom is -0.221 e. The summed E-state index contributed by atoms with van der Waals surface area (Å²) in [5.74, 6) is 5.27. The Hall–Kier alpha value is -0.770. The molecule has 0 spiro atoms. The van der Waals surface area contributed by atoms with Crippen molar-refractivity contribution < 1.29 is 4.39 Å². The SMILES string of the molecule is NN(OCl)c1ccccc1. The van der Waals surface area contributed by atoms with Crippen LogP contribution in [0.5, 0.6) is 0 Å². The predicted molar refractivity (Wildman–Crippen MR) is 40.0 cm³/mol. The van der Waals surface area contributed by atoms with Gasteiger partial charge in [0.1, 0.15) is 0 Å². The van der Waals surface area contributed by atoms with Crippen molar-refractivity contribution >= 4 is 17.6 Å². The average molecular weight is 159 g/mol. The fourth-order valence-corrected chi connectivity index (χ4v) is 0.694. The maximum absolute atomic E-state index is 5.27. The molecule has 3 nitrogen and oxygen atoms in total. The highest BCUT2D eigenvalue weighted by molar-refractivity contribution is 6.07. The standard InChI is InChI=1S/C6H7ClN2O/c7-10-9(8)6-4-2-1-3-5-6/h1-5H,8H2. The predicted octanol–water partition coefficient (Wildman–Crippen LogP) is 1.45. The number of nitrogens with zero attached hydrogens (tertiary/aromatic N) is 1. The zero-order valence-corrected chi connectivity index (χ0v) is 5.95. The Kier molecular flexibility index (Phi) is 2.50. The second-order valence-electron chi connectivity index (χ2n) is 1.73. The van der Waals surface area contributed by atoms with Crippen molar-refractivity contribution in [2.75, 3.05) is 5.17 Å². The Bertz CT molecular complexity index is 192. The van der Waals surface area contributed by atoms with E-state index in [2.05, 4.69) is 4.39 Å². The molecule has 0 heterocycles. The van der Waals surface area contributed by atoms with E-state index in [4.69, 9.17) is 17.7 Å². The van der Waals surface area contributed by atoms with Crippen molar-refractivity contribution in [2.24, 2.45) is 5.84 Å². The summed E-state index contributed by atoms with van der Waals surface area (Å²) in [5, 5.41) is 0.974. The molecule has 0 unspecified atom stereocenters. The molecule has 4 heteroatoms. The molecular formula is C6H7ClN2O. The molecule has 0 amide bonds. The van der Waals surface area contributed by atoms with Crippen LogP contribution in [0.3, 0.4) is 0 Å². The van der Waals surface area contributed by atoms with Crippen LogP contribution < -0.4 is 11.0 Å². The van der Waals surface area contributed by atoms with Gasteiger partial charge in [0.2, 0.25) is 0 Å². The van der Waals surface area contributed by atoms with E-state index in [1.165, 1.54) is 0 Å². The molecule has 1 rings (SSSR count). The summed E-state index contributed by atoms with van der Waals surface area (Å²) < 4.78 is 4.22. The third-order valence-electron chi connectivity index (χ3n) is 1.09. The molecule has 10 heavy (non-hydrogen) atoms. The van der Waals surface area contributed by atoms with Gasteiger partial charge in [-0.05, 0) is 12.1 Å². The van der Waals surface area contributed by atoms with Crippen LogP contribution in [-0.4, -0.2) is 0 Å². The van der Waals surface area contributed by atoms with E-state index in [0.29, 0.717) is 5.69 Å². The lowest BCUT2D eigenvalue weighted by Gasteiger charge is -2.10. The van der Waals surface area contributed by atoms with Crippen LogP contribution in [0.1, 0.15) is 0 Å². The van der Waals surface area contributed by atoms with Gasteiger partial charge in [-0.25, -0.2) is 5.84 Å². The maximum atomic E-state index is 5.27. The van der Waals surface area contributed by atoms with E-state index in [1.54, 1.807) is 12.1 Å². The van der Waals surface area contributed by atoms with Crippen molar-refractivity contribution in [3.8, 4) is 0 Å². The lowest BCUT2D eigenvalue weighted by molar-refractivity contribution is 0.313. The monoisotopic (exact) mass is 158 g/mol. The van der Waals surface area contributed by atoms with Gasteiger partial charge in [-0.1, -0.05) is 18.2 Å². The number of para-hydroxylation sites is 1. The highest BCUT2D eigenvalue weighted by atomic mass is 35.5. The summed E-state index contributed by atoms with van der Waals surface area (Å²) in [6.45, 7) is 0. The van der Waals surface area contributed by atoms with Crippen molar-refractivity contribution in [3.63, 3.8) is 0 Å². The average Bonchev–Trinajstić information content (AvgIpc) is 2.05. The van der Waals surface area contributed by atoms with E-state index in [1.807, 2.05) is 18.2 Å². The van der Waals surface area contributed by atoms with Crippen LogP contribution in [0, 0.1) is 0 Å². The van der Waals surface area contributed by atoms with Crippen molar-refractivity contribution in [1.29, 1.82) is 0 Å². The summed E-state index contributed by atoms with van der Waals surface area (Å²) >= 11 is 4.99. The molecule has 0 aliphatic carbocycles. The van der Waals surface area contributed by atoms with Gasteiger partial charge in [-0.15, -0.1) is 4.39 Å². The molecule has 0 aromatic heterocycles. The Morgan fingerprint density at radius 1 is 1.30 bits per heavy atom. The number of rotatable bonds is 2. The van der Waals surface area contributed by atoms with Crippen molar-refractivity contribution in [3.05, 3.63) is 30.3 Å². The summed E-state index contributed by atoms with van der Waals surface area (Å²) in [6, 6.07) is 9.12. The summed E-state index contributed by atoms with van der Waals surface area (Å²) in [5.41, 5.74) is 0.706. The third-order valence-corrected chi connectivity index (χ3v) is 1.23. The molecule has 0 saturated carbocycles. The number of anilines is 1. The number of benzene rings is 1. The first-order valence-electron chi connectivity index (χ1n) is 2.73. The fourth-order valence-electron chi connectivity index (χ4n) is 0.615. The van der Waals surface area contributed by atoms with Crippen LogP contribution in [0.4, 0.5) is 5.69 Å². The number of hydrogen-bond donors (Lipinski definition) is 1. The number of hydrogen-bond acceptors (Lipinski definition) is 3. The highest BCUT2D eigenvalue weighted by Gasteiger charge is 1.96. The zero-order chi connectivity index (χ0) is 7.40. The Morgan fingerprint density at radius 2 is 1.90 bits per heavy atom. The van der Waals surface area contributed by atoms with Crippen LogP contribution in [0.15, 0.2) is 30.3 Å². The van der Waals surface area contributed by atoms with Gasteiger partial charge in [-0.2, -0.15) is 5.17 Å². The minimum absolute atomic E-state index is 0.706. The quantitative estimate of drug-likeness (QED) is 0.523. The van der Waals surface area contributed by atoms with Gasteiger partial charge in [0.25, 0.3) is 0 Å². The normalized spacial score (nSPS) is 9.40. The van der Waals surface area contributed by atoms with Gasteiger partial charge in [-0.3, -0.25) is 0 Å². The van der Waals surface area contributed by atoms with Gasteiger partial charge >= 0.3 is 0 Å². The second-order valence-corrected chi connectivity index (χ2v) is 1.87. The van der Waals surface area contributed by atoms with E-state index >= 15 is 0 Å². The Labute approximate surface area is 64.0 Å². The van der Waals surface area contributed by atoms with E-state index < -0.39 is 0 Å². The maximum Gasteiger partial charge on any atom is 0.0931 e.